The molecular weight excluding hydrogens is 408 g/mol. The number of nitrogens with zero attached hydrogens (tertiary/aromatic N) is 1. The first-order chi connectivity index (χ1) is 15.5. The van der Waals surface area contributed by atoms with Crippen LogP contribution < -0.4 is 14.8 Å². The van der Waals surface area contributed by atoms with Crippen molar-refractivity contribution in [1.29, 1.82) is 0 Å². The molecule has 32 heavy (non-hydrogen) atoms. The number of amides is 1. The summed E-state index contributed by atoms with van der Waals surface area (Å²) in [5.41, 5.74) is 1.72. The highest BCUT2D eigenvalue weighted by Gasteiger charge is 2.25. The Bertz CT molecular complexity index is 863. The average Bonchev–Trinajstić information content (AvgIpc) is 2.81. The molecule has 1 fully saturated rings. The van der Waals surface area contributed by atoms with Gasteiger partial charge in [-0.1, -0.05) is 12.1 Å². The van der Waals surface area contributed by atoms with Crippen molar-refractivity contribution in [2.24, 2.45) is 0 Å². The van der Waals surface area contributed by atoms with Crippen molar-refractivity contribution in [2.45, 2.75) is 38.3 Å². The van der Waals surface area contributed by atoms with Gasteiger partial charge in [0, 0.05) is 38.9 Å². The summed E-state index contributed by atoms with van der Waals surface area (Å²) in [5, 5.41) is 12.3. The Kier molecular flexibility index (Phi) is 8.76. The first-order valence-electron chi connectivity index (χ1n) is 11.1. The number of carbonyl (C=O) groups is 1. The lowest BCUT2D eigenvalue weighted by atomic mass is 10.0. The van der Waals surface area contributed by atoms with E-state index in [1.807, 2.05) is 12.1 Å². The van der Waals surface area contributed by atoms with Crippen LogP contribution in [-0.2, 0) is 11.2 Å². The quantitative estimate of drug-likeness (QED) is 0.550. The minimum Gasteiger partial charge on any atom is -0.508 e. The molecule has 2 aromatic carbocycles. The zero-order valence-corrected chi connectivity index (χ0v) is 19.2. The molecule has 1 atom stereocenters. The van der Waals surface area contributed by atoms with Crippen LogP contribution in [0.15, 0.2) is 42.5 Å². The van der Waals surface area contributed by atoms with Gasteiger partial charge in [0.25, 0.3) is 5.91 Å². The third-order valence-electron chi connectivity index (χ3n) is 5.89. The molecule has 0 saturated carbocycles. The minimum atomic E-state index is -0.181. The van der Waals surface area contributed by atoms with Gasteiger partial charge in [-0.3, -0.25) is 4.79 Å². The Hall–Kier alpha value is -2.77. The van der Waals surface area contributed by atoms with E-state index in [2.05, 4.69) is 17.1 Å². The summed E-state index contributed by atoms with van der Waals surface area (Å²) in [4.78, 5) is 15.1. The minimum absolute atomic E-state index is 0.0461. The number of likely N-dealkylation sites (tertiary alicyclic amines) is 1. The van der Waals surface area contributed by atoms with Gasteiger partial charge in [-0.05, 0) is 56.0 Å². The van der Waals surface area contributed by atoms with Gasteiger partial charge in [-0.15, -0.1) is 0 Å². The number of hydrogen-bond acceptors (Lipinski definition) is 6. The maximum absolute atomic E-state index is 12.6. The molecule has 2 N–H and O–H groups in total. The topological polar surface area (TPSA) is 80.3 Å². The first kappa shape index (κ1) is 23.9. The Morgan fingerprint density at radius 2 is 1.88 bits per heavy atom. The molecule has 1 saturated heterocycles. The average molecular weight is 443 g/mol. The molecule has 0 bridgehead atoms. The van der Waals surface area contributed by atoms with Crippen LogP contribution in [0.3, 0.4) is 0 Å². The van der Waals surface area contributed by atoms with Gasteiger partial charge in [0.15, 0.2) is 0 Å². The summed E-state index contributed by atoms with van der Waals surface area (Å²) in [6.07, 6.45) is 2.77. The van der Waals surface area contributed by atoms with E-state index in [-0.39, 0.29) is 12.0 Å². The van der Waals surface area contributed by atoms with Crippen molar-refractivity contribution in [1.82, 2.24) is 10.2 Å². The second-order valence-electron chi connectivity index (χ2n) is 8.18. The summed E-state index contributed by atoms with van der Waals surface area (Å²) in [6.45, 7) is 5.00. The number of carbonyl (C=O) groups excluding carboxylic acids is 1. The highest BCUT2D eigenvalue weighted by atomic mass is 16.5. The number of hydrogen-bond donors (Lipinski definition) is 2. The molecule has 1 amide bonds. The van der Waals surface area contributed by atoms with Gasteiger partial charge >= 0.3 is 0 Å². The molecule has 0 aromatic heterocycles. The van der Waals surface area contributed by atoms with Crippen molar-refractivity contribution in [2.75, 3.05) is 40.5 Å². The Morgan fingerprint density at radius 1 is 1.16 bits per heavy atom. The summed E-state index contributed by atoms with van der Waals surface area (Å²) in [7, 11) is 3.21. The Labute approximate surface area is 190 Å². The smallest absolute Gasteiger partial charge is 0.255 e. The number of phenols is 1. The third-order valence-corrected chi connectivity index (χ3v) is 5.89. The first-order valence-corrected chi connectivity index (χ1v) is 11.1. The van der Waals surface area contributed by atoms with Crippen molar-refractivity contribution in [3.05, 3.63) is 53.6 Å². The van der Waals surface area contributed by atoms with Crippen LogP contribution in [0.2, 0.25) is 0 Å². The molecule has 3 rings (SSSR count). The van der Waals surface area contributed by atoms with Gasteiger partial charge in [0.1, 0.15) is 23.4 Å². The molecule has 0 spiro atoms. The lowest BCUT2D eigenvalue weighted by Gasteiger charge is -2.36. The van der Waals surface area contributed by atoms with Crippen molar-refractivity contribution < 1.29 is 24.1 Å². The van der Waals surface area contributed by atoms with E-state index in [9.17, 15) is 9.90 Å². The maximum atomic E-state index is 12.6. The van der Waals surface area contributed by atoms with Gasteiger partial charge < -0.3 is 29.5 Å². The fourth-order valence-corrected chi connectivity index (χ4v) is 3.99. The monoisotopic (exact) mass is 442 g/mol. The van der Waals surface area contributed by atoms with Crippen LogP contribution in [0, 0.1) is 0 Å². The molecule has 1 heterocycles. The van der Waals surface area contributed by atoms with E-state index < -0.39 is 0 Å². The van der Waals surface area contributed by atoms with Crippen LogP contribution in [0.5, 0.6) is 17.2 Å². The van der Waals surface area contributed by atoms with Crippen molar-refractivity contribution in [3.63, 3.8) is 0 Å². The van der Waals surface area contributed by atoms with Gasteiger partial charge in [-0.2, -0.15) is 0 Å². The fraction of sp³-hybridized carbons (Fsp3) is 0.480. The van der Waals surface area contributed by atoms with Crippen LogP contribution in [0.1, 0.15) is 35.7 Å². The number of aromatic hydroxyl groups is 1. The predicted molar refractivity (Wildman–Crippen MR) is 124 cm³/mol. The molecule has 7 nitrogen and oxygen atoms in total. The molecular formula is C25H34N2O5. The molecule has 0 aliphatic carbocycles. The van der Waals surface area contributed by atoms with Gasteiger partial charge in [0.05, 0.1) is 19.3 Å². The standard InChI is InChI=1S/C25H34N2O5/c1-18(16-19-4-6-20(28)7-5-19)27-13-10-21(11-14-27)32-24-17-22(31-3)8-9-23(24)25(29)26-12-15-30-2/h4-9,17-18,21,28H,10-16H2,1-3H3,(H,26,29)/t18-/m0/s1. The number of piperidine rings is 1. The van der Waals surface area contributed by atoms with E-state index in [1.165, 1.54) is 5.56 Å². The highest BCUT2D eigenvalue weighted by molar-refractivity contribution is 5.97. The molecule has 1 aliphatic heterocycles. The molecule has 2 aromatic rings. The van der Waals surface area contributed by atoms with E-state index in [4.69, 9.17) is 14.2 Å². The van der Waals surface area contributed by atoms with Crippen LogP contribution in [-0.4, -0.2) is 68.5 Å². The highest BCUT2D eigenvalue weighted by Crippen LogP contribution is 2.28. The fourth-order valence-electron chi connectivity index (χ4n) is 3.99. The zero-order valence-electron chi connectivity index (χ0n) is 19.2. The SMILES string of the molecule is COCCNC(=O)c1ccc(OC)cc1OC1CCN([C@@H](C)Cc2ccc(O)cc2)CC1. The summed E-state index contributed by atoms with van der Waals surface area (Å²) >= 11 is 0. The Balaban J connectivity index is 1.57. The molecule has 0 unspecified atom stereocenters. The second-order valence-corrected chi connectivity index (χ2v) is 8.18. The lowest BCUT2D eigenvalue weighted by Crippen LogP contribution is -2.43. The number of benzene rings is 2. The van der Waals surface area contributed by atoms with Crippen LogP contribution in [0.25, 0.3) is 0 Å². The second kappa shape index (κ2) is 11.7. The van der Waals surface area contributed by atoms with E-state index in [0.717, 1.165) is 32.4 Å². The molecule has 1 aliphatic rings. The number of methoxy groups -OCH3 is 2. The summed E-state index contributed by atoms with van der Waals surface area (Å²) < 4.78 is 16.6. The summed E-state index contributed by atoms with van der Waals surface area (Å²) in [5.74, 6) is 1.33. The Morgan fingerprint density at radius 3 is 2.53 bits per heavy atom. The predicted octanol–water partition coefficient (Wildman–Crippen LogP) is 3.25. The van der Waals surface area contributed by atoms with E-state index >= 15 is 0 Å². The number of rotatable bonds is 10. The number of ether oxygens (including phenoxy) is 3. The van der Waals surface area contributed by atoms with Crippen LogP contribution in [0.4, 0.5) is 0 Å². The van der Waals surface area contributed by atoms with Crippen LogP contribution >= 0.6 is 0 Å². The lowest BCUT2D eigenvalue weighted by molar-refractivity contribution is 0.0774. The zero-order chi connectivity index (χ0) is 22.9. The molecule has 174 valence electrons. The third kappa shape index (κ3) is 6.61. The van der Waals surface area contributed by atoms with E-state index in [0.29, 0.717) is 42.0 Å². The summed E-state index contributed by atoms with van der Waals surface area (Å²) in [6, 6.07) is 13.1. The maximum Gasteiger partial charge on any atom is 0.255 e. The van der Waals surface area contributed by atoms with Crippen molar-refractivity contribution in [3.8, 4) is 17.2 Å². The normalized spacial score (nSPS) is 15.8. The van der Waals surface area contributed by atoms with Crippen molar-refractivity contribution >= 4 is 5.91 Å². The van der Waals surface area contributed by atoms with E-state index in [1.54, 1.807) is 44.6 Å². The number of nitrogens with one attached hydrogen (secondary N) is 1. The van der Waals surface area contributed by atoms with Gasteiger partial charge in [-0.25, -0.2) is 0 Å². The number of phenolic OH excluding ortho intramolecular Hbond substituents is 1. The van der Waals surface area contributed by atoms with Gasteiger partial charge in [0.2, 0.25) is 0 Å². The molecule has 0 radical (unpaired) electrons. The largest absolute Gasteiger partial charge is 0.508 e. The molecule has 7 heteroatoms.